The van der Waals surface area contributed by atoms with Gasteiger partial charge in [-0.15, -0.1) is 0 Å². The summed E-state index contributed by atoms with van der Waals surface area (Å²) in [5.41, 5.74) is 0.904. The minimum absolute atomic E-state index is 0.0136. The van der Waals surface area contributed by atoms with E-state index >= 15 is 0 Å². The number of carboxylic acids is 1. The summed E-state index contributed by atoms with van der Waals surface area (Å²) in [6.07, 6.45) is 2.76. The highest BCUT2D eigenvalue weighted by atomic mass is 16.5. The lowest BCUT2D eigenvalue weighted by Crippen LogP contribution is -2.21. The molecule has 0 spiro atoms. The molecule has 3 N–H and O–H groups in total. The standard InChI is InChI=1S/C19H20N6O5/c1-3-25-17(19(29)21-12-5-4-6-13(9-12)30-2)15(10-20-25)22-18(28)14-7-8-24(23-14)11-16(26)27/h4-10H,3,11H2,1-2H3,(H,21,29)(H,22,28)(H,26,27). The largest absolute Gasteiger partial charge is 0.497 e. The third-order valence-corrected chi connectivity index (χ3v) is 4.10. The van der Waals surface area contributed by atoms with Crippen LogP contribution in [0.25, 0.3) is 0 Å². The lowest BCUT2D eigenvalue weighted by Gasteiger charge is -2.10. The molecule has 11 heteroatoms. The monoisotopic (exact) mass is 412 g/mol. The van der Waals surface area contributed by atoms with Gasteiger partial charge in [0.05, 0.1) is 19.0 Å². The molecule has 0 aliphatic rings. The molecule has 0 atom stereocenters. The Hall–Kier alpha value is -4.15. The first-order chi connectivity index (χ1) is 14.4. The first-order valence-electron chi connectivity index (χ1n) is 8.99. The quantitative estimate of drug-likeness (QED) is 0.511. The molecule has 0 fully saturated rings. The average molecular weight is 412 g/mol. The number of amides is 2. The zero-order valence-electron chi connectivity index (χ0n) is 16.3. The second-order valence-electron chi connectivity index (χ2n) is 6.16. The van der Waals surface area contributed by atoms with Gasteiger partial charge >= 0.3 is 5.97 Å². The third-order valence-electron chi connectivity index (χ3n) is 4.10. The fourth-order valence-electron chi connectivity index (χ4n) is 2.74. The number of rotatable bonds is 8. The van der Waals surface area contributed by atoms with Gasteiger partial charge in [-0.25, -0.2) is 0 Å². The smallest absolute Gasteiger partial charge is 0.325 e. The molecule has 2 amide bonds. The van der Waals surface area contributed by atoms with Crippen molar-refractivity contribution in [1.29, 1.82) is 0 Å². The number of aryl methyl sites for hydroxylation is 1. The summed E-state index contributed by atoms with van der Waals surface area (Å²) in [6.45, 7) is 1.85. The van der Waals surface area contributed by atoms with Gasteiger partial charge < -0.3 is 20.5 Å². The van der Waals surface area contributed by atoms with Gasteiger partial charge in [-0.1, -0.05) is 6.07 Å². The number of carbonyl (C=O) groups excluding carboxylic acids is 2. The van der Waals surface area contributed by atoms with Crippen molar-refractivity contribution in [1.82, 2.24) is 19.6 Å². The van der Waals surface area contributed by atoms with E-state index in [1.165, 1.54) is 30.3 Å². The molecule has 0 unspecified atom stereocenters. The number of carboxylic acid groups (broad SMARTS) is 1. The van der Waals surface area contributed by atoms with Crippen LogP contribution in [0.5, 0.6) is 5.75 Å². The number of aliphatic carboxylic acids is 1. The van der Waals surface area contributed by atoms with Crippen molar-refractivity contribution in [3.8, 4) is 5.75 Å². The summed E-state index contributed by atoms with van der Waals surface area (Å²) in [6, 6.07) is 8.25. The summed E-state index contributed by atoms with van der Waals surface area (Å²) < 4.78 is 7.73. The van der Waals surface area contributed by atoms with Crippen molar-refractivity contribution in [2.45, 2.75) is 20.0 Å². The van der Waals surface area contributed by atoms with Crippen molar-refractivity contribution in [3.05, 3.63) is 54.1 Å². The summed E-state index contributed by atoms with van der Waals surface area (Å²) >= 11 is 0. The number of aromatic nitrogens is 4. The van der Waals surface area contributed by atoms with Gasteiger partial charge in [-0.3, -0.25) is 23.7 Å². The van der Waals surface area contributed by atoms with E-state index in [4.69, 9.17) is 9.84 Å². The van der Waals surface area contributed by atoms with E-state index < -0.39 is 17.8 Å². The molecule has 3 aromatic rings. The Morgan fingerprint density at radius 3 is 2.67 bits per heavy atom. The Bertz CT molecular complexity index is 1090. The van der Waals surface area contributed by atoms with Crippen LogP contribution in [0.3, 0.4) is 0 Å². The maximum Gasteiger partial charge on any atom is 0.325 e. The van der Waals surface area contributed by atoms with Crippen molar-refractivity contribution in [2.75, 3.05) is 17.7 Å². The van der Waals surface area contributed by atoms with Gasteiger partial charge in [-0.2, -0.15) is 10.2 Å². The van der Waals surface area contributed by atoms with E-state index in [2.05, 4.69) is 20.8 Å². The zero-order valence-corrected chi connectivity index (χ0v) is 16.3. The molecule has 0 saturated carbocycles. The number of benzene rings is 1. The zero-order chi connectivity index (χ0) is 21.7. The van der Waals surface area contributed by atoms with E-state index in [9.17, 15) is 14.4 Å². The average Bonchev–Trinajstić information content (AvgIpc) is 3.34. The third kappa shape index (κ3) is 4.63. The highest BCUT2D eigenvalue weighted by molar-refractivity contribution is 6.11. The van der Waals surface area contributed by atoms with Crippen LogP contribution in [0.15, 0.2) is 42.7 Å². The van der Waals surface area contributed by atoms with Crippen LogP contribution >= 0.6 is 0 Å². The Labute approximate surface area is 171 Å². The van der Waals surface area contributed by atoms with Gasteiger partial charge in [0.25, 0.3) is 11.8 Å². The number of nitrogens with zero attached hydrogens (tertiary/aromatic N) is 4. The molecule has 0 aliphatic heterocycles. The van der Waals surface area contributed by atoms with Crippen LogP contribution in [-0.2, 0) is 17.9 Å². The van der Waals surface area contributed by atoms with Gasteiger partial charge in [0.2, 0.25) is 0 Å². The van der Waals surface area contributed by atoms with Crippen molar-refractivity contribution in [2.24, 2.45) is 0 Å². The number of nitrogens with one attached hydrogen (secondary N) is 2. The number of anilines is 2. The second kappa shape index (κ2) is 8.90. The lowest BCUT2D eigenvalue weighted by molar-refractivity contribution is -0.137. The number of hydrogen-bond acceptors (Lipinski definition) is 6. The summed E-state index contributed by atoms with van der Waals surface area (Å²) in [5, 5.41) is 22.2. The highest BCUT2D eigenvalue weighted by Gasteiger charge is 2.21. The highest BCUT2D eigenvalue weighted by Crippen LogP contribution is 2.21. The van der Waals surface area contributed by atoms with Crippen molar-refractivity contribution < 1.29 is 24.2 Å². The summed E-state index contributed by atoms with van der Waals surface area (Å²) in [4.78, 5) is 36.1. The topological polar surface area (TPSA) is 140 Å². The Morgan fingerprint density at radius 2 is 1.97 bits per heavy atom. The van der Waals surface area contributed by atoms with E-state index in [0.717, 1.165) is 4.68 Å². The van der Waals surface area contributed by atoms with Crippen LogP contribution in [0, 0.1) is 0 Å². The van der Waals surface area contributed by atoms with Crippen molar-refractivity contribution >= 4 is 29.2 Å². The predicted octanol–water partition coefficient (Wildman–Crippen LogP) is 1.70. The molecular formula is C19H20N6O5. The Morgan fingerprint density at radius 1 is 1.17 bits per heavy atom. The molecule has 0 saturated heterocycles. The van der Waals surface area contributed by atoms with Crippen LogP contribution in [0.2, 0.25) is 0 Å². The maximum absolute atomic E-state index is 12.9. The molecule has 1 aromatic carbocycles. The van der Waals surface area contributed by atoms with Gasteiger partial charge in [-0.05, 0) is 25.1 Å². The molecule has 0 bridgehead atoms. The Balaban J connectivity index is 1.80. The van der Waals surface area contributed by atoms with Gasteiger partial charge in [0.15, 0.2) is 5.69 Å². The molecule has 156 valence electrons. The molecule has 30 heavy (non-hydrogen) atoms. The molecule has 2 heterocycles. The van der Waals surface area contributed by atoms with E-state index in [1.54, 1.807) is 24.3 Å². The molecule has 0 aliphatic carbocycles. The van der Waals surface area contributed by atoms with Gasteiger partial charge in [0, 0.05) is 24.5 Å². The summed E-state index contributed by atoms with van der Waals surface area (Å²) in [7, 11) is 1.53. The molecule has 0 radical (unpaired) electrons. The number of hydrogen-bond donors (Lipinski definition) is 3. The van der Waals surface area contributed by atoms with Gasteiger partial charge in [0.1, 0.15) is 18.0 Å². The number of ether oxygens (including phenoxy) is 1. The van der Waals surface area contributed by atoms with Crippen LogP contribution in [0.1, 0.15) is 27.9 Å². The first kappa shape index (κ1) is 20.6. The van der Waals surface area contributed by atoms with E-state index in [1.807, 2.05) is 6.92 Å². The number of carbonyl (C=O) groups is 3. The molecule has 11 nitrogen and oxygen atoms in total. The van der Waals surface area contributed by atoms with Crippen molar-refractivity contribution in [3.63, 3.8) is 0 Å². The second-order valence-corrected chi connectivity index (χ2v) is 6.16. The van der Waals surface area contributed by atoms with Crippen LogP contribution < -0.4 is 15.4 Å². The summed E-state index contributed by atoms with van der Waals surface area (Å²) in [5.74, 6) is -1.55. The maximum atomic E-state index is 12.9. The fraction of sp³-hybridized carbons (Fsp3) is 0.211. The first-order valence-corrected chi connectivity index (χ1v) is 8.99. The number of methoxy groups -OCH3 is 1. The van der Waals surface area contributed by atoms with Crippen LogP contribution in [-0.4, -0.2) is 49.6 Å². The predicted molar refractivity (Wildman–Crippen MR) is 107 cm³/mol. The Kier molecular flexibility index (Phi) is 6.11. The lowest BCUT2D eigenvalue weighted by atomic mass is 10.2. The molecule has 3 rings (SSSR count). The minimum atomic E-state index is -1.08. The minimum Gasteiger partial charge on any atom is -0.497 e. The molecular weight excluding hydrogens is 392 g/mol. The van der Waals surface area contributed by atoms with E-state index in [0.29, 0.717) is 18.0 Å². The normalized spacial score (nSPS) is 10.5. The fourth-order valence-corrected chi connectivity index (χ4v) is 2.74. The van der Waals surface area contributed by atoms with Crippen LogP contribution in [0.4, 0.5) is 11.4 Å². The van der Waals surface area contributed by atoms with E-state index in [-0.39, 0.29) is 23.6 Å². The SMILES string of the molecule is CCn1ncc(NC(=O)c2ccn(CC(=O)O)n2)c1C(=O)Nc1cccc(OC)c1. The molecule has 2 aromatic heterocycles.